The van der Waals surface area contributed by atoms with Crippen LogP contribution in [0.1, 0.15) is 0 Å². The van der Waals surface area contributed by atoms with Crippen molar-refractivity contribution in [2.45, 2.75) is 0 Å². The van der Waals surface area contributed by atoms with Gasteiger partial charge in [-0.25, -0.2) is 4.79 Å². The van der Waals surface area contributed by atoms with Crippen LogP contribution in [0.4, 0.5) is 10.5 Å². The fraction of sp³-hybridized carbons (Fsp3) is 0.421. The van der Waals surface area contributed by atoms with Crippen LogP contribution in [-0.2, 0) is 0 Å². The number of anilines is 1. The van der Waals surface area contributed by atoms with Crippen molar-refractivity contribution in [2.24, 2.45) is 0 Å². The molecule has 0 atom stereocenters. The molecule has 5 nitrogen and oxygen atoms in total. The van der Waals surface area contributed by atoms with Gasteiger partial charge in [0.1, 0.15) is 0 Å². The molecular weight excluding hydrogens is 380 g/mol. The minimum atomic E-state index is -0.0260. The summed E-state index contributed by atoms with van der Waals surface area (Å²) < 4.78 is 1.00. The number of piperazine rings is 1. The summed E-state index contributed by atoms with van der Waals surface area (Å²) in [6.07, 6.45) is 3.85. The van der Waals surface area contributed by atoms with E-state index in [1.807, 2.05) is 41.3 Å². The Hall–Kier alpha value is -1.63. The van der Waals surface area contributed by atoms with E-state index in [1.54, 1.807) is 0 Å². The van der Waals surface area contributed by atoms with Crippen molar-refractivity contribution in [3.05, 3.63) is 54.0 Å². The van der Waals surface area contributed by atoms with Gasteiger partial charge in [0.15, 0.2) is 0 Å². The number of carbonyl (C=O) groups is 1. The fourth-order valence-corrected chi connectivity index (χ4v) is 3.08. The van der Waals surface area contributed by atoms with Crippen molar-refractivity contribution in [1.82, 2.24) is 14.7 Å². The summed E-state index contributed by atoms with van der Waals surface area (Å²) in [4.78, 5) is 18.9. The lowest BCUT2D eigenvalue weighted by Gasteiger charge is -2.35. The highest BCUT2D eigenvalue weighted by Gasteiger charge is 2.21. The quantitative estimate of drug-likeness (QED) is 0.673. The number of nitrogens with one attached hydrogen (secondary N) is 1. The summed E-state index contributed by atoms with van der Waals surface area (Å²) in [5, 5.41) is 2.95. The van der Waals surface area contributed by atoms with E-state index in [9.17, 15) is 4.79 Å². The molecule has 1 heterocycles. The Kier molecular flexibility index (Phi) is 8.18. The third kappa shape index (κ3) is 6.65. The highest BCUT2D eigenvalue weighted by Crippen LogP contribution is 2.15. The number of benzene rings is 1. The molecule has 1 aliphatic heterocycles. The van der Waals surface area contributed by atoms with Crippen LogP contribution in [0, 0.1) is 0 Å². The maximum absolute atomic E-state index is 12.3. The van der Waals surface area contributed by atoms with Gasteiger partial charge >= 0.3 is 6.03 Å². The van der Waals surface area contributed by atoms with E-state index in [2.05, 4.69) is 44.2 Å². The Morgan fingerprint density at radius 2 is 1.72 bits per heavy atom. The van der Waals surface area contributed by atoms with Gasteiger partial charge in [-0.2, -0.15) is 0 Å². The Labute approximate surface area is 159 Å². The number of amides is 2. The zero-order chi connectivity index (χ0) is 18.1. The van der Waals surface area contributed by atoms with E-state index in [-0.39, 0.29) is 6.03 Å². The van der Waals surface area contributed by atoms with Crippen LogP contribution >= 0.6 is 15.9 Å². The van der Waals surface area contributed by atoms with E-state index in [1.165, 1.54) is 0 Å². The number of halogens is 1. The molecule has 1 aromatic rings. The molecule has 1 aliphatic rings. The number of urea groups is 1. The van der Waals surface area contributed by atoms with E-state index >= 15 is 0 Å². The van der Waals surface area contributed by atoms with Gasteiger partial charge in [0, 0.05) is 62.5 Å². The lowest BCUT2D eigenvalue weighted by molar-refractivity contribution is 0.137. The summed E-state index contributed by atoms with van der Waals surface area (Å²) in [5.41, 5.74) is 0.820. The highest BCUT2D eigenvalue weighted by molar-refractivity contribution is 9.10. The molecule has 0 saturated carbocycles. The van der Waals surface area contributed by atoms with Gasteiger partial charge in [-0.1, -0.05) is 28.1 Å². The maximum atomic E-state index is 12.3. The van der Waals surface area contributed by atoms with Crippen molar-refractivity contribution >= 4 is 27.6 Å². The predicted octanol–water partition coefficient (Wildman–Crippen LogP) is 3.27. The summed E-state index contributed by atoms with van der Waals surface area (Å²) >= 11 is 3.40. The van der Waals surface area contributed by atoms with Gasteiger partial charge < -0.3 is 10.2 Å². The van der Waals surface area contributed by atoms with Crippen LogP contribution in [-0.4, -0.2) is 73.1 Å². The highest BCUT2D eigenvalue weighted by atomic mass is 79.9. The first kappa shape index (κ1) is 19.7. The van der Waals surface area contributed by atoms with Crippen LogP contribution in [0.3, 0.4) is 0 Å². The van der Waals surface area contributed by atoms with Gasteiger partial charge in [0.2, 0.25) is 0 Å². The second kappa shape index (κ2) is 10.4. The number of carbonyl (C=O) groups excluding carboxylic acids is 1. The Bertz CT molecular complexity index is 557. The molecule has 25 heavy (non-hydrogen) atoms. The SMILES string of the molecule is C=CCN(CC=C)CCN1CCN(C(=O)Nc2ccc(Br)cc2)CC1. The summed E-state index contributed by atoms with van der Waals surface area (Å²) in [7, 11) is 0. The molecule has 0 aliphatic carbocycles. The van der Waals surface area contributed by atoms with Crippen LogP contribution < -0.4 is 5.32 Å². The zero-order valence-electron chi connectivity index (χ0n) is 14.7. The van der Waals surface area contributed by atoms with E-state index in [0.717, 1.165) is 62.5 Å². The first-order valence-electron chi connectivity index (χ1n) is 8.60. The third-order valence-corrected chi connectivity index (χ3v) is 4.79. The average molecular weight is 407 g/mol. The molecule has 6 heteroatoms. The Morgan fingerprint density at radius 1 is 1.12 bits per heavy atom. The monoisotopic (exact) mass is 406 g/mol. The largest absolute Gasteiger partial charge is 0.322 e. The van der Waals surface area contributed by atoms with Gasteiger partial charge in [-0.05, 0) is 24.3 Å². The molecule has 2 amide bonds. The predicted molar refractivity (Wildman–Crippen MR) is 108 cm³/mol. The van der Waals surface area contributed by atoms with Crippen molar-refractivity contribution in [3.8, 4) is 0 Å². The lowest BCUT2D eigenvalue weighted by atomic mass is 10.3. The fourth-order valence-electron chi connectivity index (χ4n) is 2.82. The summed E-state index contributed by atoms with van der Waals surface area (Å²) in [6, 6.07) is 7.61. The number of hydrogen-bond donors (Lipinski definition) is 1. The smallest absolute Gasteiger partial charge is 0.321 e. The van der Waals surface area contributed by atoms with Crippen molar-refractivity contribution in [2.75, 3.05) is 57.7 Å². The van der Waals surface area contributed by atoms with Crippen molar-refractivity contribution in [1.29, 1.82) is 0 Å². The van der Waals surface area contributed by atoms with Gasteiger partial charge in [0.25, 0.3) is 0 Å². The van der Waals surface area contributed by atoms with Crippen molar-refractivity contribution < 1.29 is 4.79 Å². The van der Waals surface area contributed by atoms with Gasteiger partial charge in [-0.3, -0.25) is 9.80 Å². The van der Waals surface area contributed by atoms with E-state index in [0.29, 0.717) is 0 Å². The van der Waals surface area contributed by atoms with Gasteiger partial charge in [-0.15, -0.1) is 13.2 Å². The minimum Gasteiger partial charge on any atom is -0.322 e. The average Bonchev–Trinajstić information content (AvgIpc) is 2.62. The Morgan fingerprint density at radius 3 is 2.28 bits per heavy atom. The third-order valence-electron chi connectivity index (χ3n) is 4.26. The molecule has 0 unspecified atom stereocenters. The summed E-state index contributed by atoms with van der Waals surface area (Å²) in [5.74, 6) is 0. The summed E-state index contributed by atoms with van der Waals surface area (Å²) in [6.45, 7) is 14.7. The molecule has 0 spiro atoms. The molecule has 2 rings (SSSR count). The normalized spacial score (nSPS) is 15.2. The van der Waals surface area contributed by atoms with Crippen LogP contribution in [0.25, 0.3) is 0 Å². The topological polar surface area (TPSA) is 38.8 Å². The first-order valence-corrected chi connectivity index (χ1v) is 9.39. The molecule has 1 saturated heterocycles. The van der Waals surface area contributed by atoms with Gasteiger partial charge in [0.05, 0.1) is 0 Å². The van der Waals surface area contributed by atoms with Crippen LogP contribution in [0.15, 0.2) is 54.0 Å². The molecule has 0 radical (unpaired) electrons. The first-order chi connectivity index (χ1) is 12.1. The van der Waals surface area contributed by atoms with Crippen LogP contribution in [0.5, 0.6) is 0 Å². The second-order valence-electron chi connectivity index (χ2n) is 6.10. The molecule has 0 bridgehead atoms. The molecule has 1 N–H and O–H groups in total. The van der Waals surface area contributed by atoms with E-state index < -0.39 is 0 Å². The minimum absolute atomic E-state index is 0.0260. The standard InChI is InChI=1S/C19H27BrN4O/c1-3-9-22(10-4-2)11-12-23-13-15-24(16-14-23)19(25)21-18-7-5-17(20)6-8-18/h3-8H,1-2,9-16H2,(H,21,25). The molecular formula is C19H27BrN4O. The van der Waals surface area contributed by atoms with Crippen LogP contribution in [0.2, 0.25) is 0 Å². The lowest BCUT2D eigenvalue weighted by Crippen LogP contribution is -2.51. The zero-order valence-corrected chi connectivity index (χ0v) is 16.2. The second-order valence-corrected chi connectivity index (χ2v) is 7.02. The number of hydrogen-bond acceptors (Lipinski definition) is 3. The Balaban J connectivity index is 1.73. The number of nitrogens with zero attached hydrogens (tertiary/aromatic N) is 3. The molecule has 1 fully saturated rings. The molecule has 1 aromatic carbocycles. The molecule has 136 valence electrons. The van der Waals surface area contributed by atoms with Crippen molar-refractivity contribution in [3.63, 3.8) is 0 Å². The molecule has 0 aromatic heterocycles. The number of rotatable bonds is 8. The maximum Gasteiger partial charge on any atom is 0.321 e. The van der Waals surface area contributed by atoms with E-state index in [4.69, 9.17) is 0 Å².